The average Bonchev–Trinajstić information content (AvgIpc) is 3.02. The van der Waals surface area contributed by atoms with Crippen LogP contribution < -0.4 is 18.9 Å². The molecule has 0 saturated heterocycles. The van der Waals surface area contributed by atoms with E-state index in [9.17, 15) is 14.7 Å². The zero-order valence-electron chi connectivity index (χ0n) is 26.3. The van der Waals surface area contributed by atoms with Gasteiger partial charge in [-0.15, -0.1) is 0 Å². The van der Waals surface area contributed by atoms with Crippen LogP contribution in [0.1, 0.15) is 101 Å². The van der Waals surface area contributed by atoms with Crippen LogP contribution in [0.5, 0.6) is 23.0 Å². The van der Waals surface area contributed by atoms with Crippen molar-refractivity contribution in [2.45, 2.75) is 90.8 Å². The van der Waals surface area contributed by atoms with Crippen LogP contribution in [0.3, 0.4) is 0 Å². The van der Waals surface area contributed by atoms with E-state index in [2.05, 4.69) is 6.92 Å². The Morgan fingerprint density at radius 2 is 1.45 bits per heavy atom. The maximum Gasteiger partial charge on any atom is 0.311 e. The number of unbranched alkanes of at least 4 members (excludes halogenated alkanes) is 8. The second-order valence-corrected chi connectivity index (χ2v) is 10.8. The number of hydrogen-bond acceptors (Lipinski definition) is 7. The monoisotopic (exact) mass is 602 g/mol. The zero-order chi connectivity index (χ0) is 31.6. The molecule has 0 aliphatic carbocycles. The van der Waals surface area contributed by atoms with Gasteiger partial charge in [0, 0.05) is 36.6 Å². The summed E-state index contributed by atoms with van der Waals surface area (Å²) in [4.78, 5) is 24.3. The van der Waals surface area contributed by atoms with Crippen LogP contribution in [0.15, 0.2) is 72.8 Å². The predicted octanol–water partition coefficient (Wildman–Crippen LogP) is 8.77. The topological polar surface area (TPSA) is 91.3 Å². The van der Waals surface area contributed by atoms with Gasteiger partial charge in [0.05, 0.1) is 7.11 Å². The van der Waals surface area contributed by atoms with E-state index >= 15 is 0 Å². The number of ether oxygens (including phenoxy) is 4. The Kier molecular flexibility index (Phi) is 15.0. The molecule has 0 radical (unpaired) electrons. The number of carbonyl (C=O) groups excluding carboxylic acids is 2. The lowest BCUT2D eigenvalue weighted by Gasteiger charge is -2.16. The molecule has 0 amide bonds. The minimum atomic E-state index is -1.02. The predicted molar refractivity (Wildman–Crippen MR) is 173 cm³/mol. The number of carbonyl (C=O) groups is 2. The molecule has 3 aromatic rings. The third-order valence-corrected chi connectivity index (χ3v) is 7.19. The third-order valence-electron chi connectivity index (χ3n) is 7.19. The fraction of sp³-hybridized carbons (Fsp3) is 0.405. The zero-order valence-corrected chi connectivity index (χ0v) is 26.3. The van der Waals surface area contributed by atoms with Gasteiger partial charge in [0.1, 0.15) is 35.7 Å². The molecular formula is C37H46O7. The van der Waals surface area contributed by atoms with Crippen molar-refractivity contribution >= 4 is 18.0 Å². The highest BCUT2D eigenvalue weighted by Gasteiger charge is 2.15. The summed E-state index contributed by atoms with van der Waals surface area (Å²) >= 11 is 0. The van der Waals surface area contributed by atoms with Crippen molar-refractivity contribution in [1.82, 2.24) is 0 Å². The molecule has 0 aliphatic rings. The lowest BCUT2D eigenvalue weighted by Crippen LogP contribution is -2.08. The molecule has 7 heteroatoms. The van der Waals surface area contributed by atoms with E-state index in [1.165, 1.54) is 51.5 Å². The molecule has 236 valence electrons. The van der Waals surface area contributed by atoms with E-state index in [4.69, 9.17) is 18.9 Å². The number of esters is 2. The molecular weight excluding hydrogens is 556 g/mol. The highest BCUT2D eigenvalue weighted by molar-refractivity contribution is 5.75. The van der Waals surface area contributed by atoms with Crippen LogP contribution in [-0.2, 0) is 16.2 Å². The number of hydrogen-bond donors (Lipinski definition) is 1. The Hall–Kier alpha value is -4.10. The van der Waals surface area contributed by atoms with E-state index in [1.54, 1.807) is 49.6 Å². The molecule has 1 atom stereocenters. The first-order valence-corrected chi connectivity index (χ1v) is 15.6. The maximum atomic E-state index is 12.4. The molecule has 3 aromatic carbocycles. The van der Waals surface area contributed by atoms with Crippen molar-refractivity contribution in [3.8, 4) is 23.0 Å². The third kappa shape index (κ3) is 12.3. The number of aliphatic hydroxyl groups excluding tert-OH is 1. The summed E-state index contributed by atoms with van der Waals surface area (Å²) in [7, 11) is 1.57. The van der Waals surface area contributed by atoms with Gasteiger partial charge in [0.2, 0.25) is 0 Å². The lowest BCUT2D eigenvalue weighted by atomic mass is 10.1. The highest BCUT2D eigenvalue weighted by atomic mass is 16.5. The minimum Gasteiger partial charge on any atom is -0.497 e. The summed E-state index contributed by atoms with van der Waals surface area (Å²) in [6.07, 6.45) is 13.1. The van der Waals surface area contributed by atoms with Crippen LogP contribution in [0.25, 0.3) is 6.08 Å². The van der Waals surface area contributed by atoms with E-state index < -0.39 is 12.1 Å². The van der Waals surface area contributed by atoms with E-state index in [-0.39, 0.29) is 11.7 Å². The molecule has 0 aliphatic heterocycles. The van der Waals surface area contributed by atoms with Crippen molar-refractivity contribution in [3.63, 3.8) is 0 Å². The van der Waals surface area contributed by atoms with Crippen LogP contribution in [0.4, 0.5) is 0 Å². The highest BCUT2D eigenvalue weighted by Crippen LogP contribution is 2.33. The maximum absolute atomic E-state index is 12.4. The molecule has 1 N–H and O–H groups in total. The molecule has 0 aromatic heterocycles. The number of benzene rings is 3. The molecule has 0 saturated carbocycles. The molecule has 0 fully saturated rings. The fourth-order valence-corrected chi connectivity index (χ4v) is 4.77. The second-order valence-electron chi connectivity index (χ2n) is 10.8. The summed E-state index contributed by atoms with van der Waals surface area (Å²) in [5.41, 5.74) is 2.08. The summed E-state index contributed by atoms with van der Waals surface area (Å²) < 4.78 is 22.3. The smallest absolute Gasteiger partial charge is 0.311 e. The first kappa shape index (κ1) is 34.4. The first-order chi connectivity index (χ1) is 21.4. The quantitative estimate of drug-likeness (QED) is 0.0833. The molecule has 1 unspecified atom stereocenters. The van der Waals surface area contributed by atoms with Crippen LogP contribution in [0, 0.1) is 0 Å². The van der Waals surface area contributed by atoms with Crippen molar-refractivity contribution in [2.75, 3.05) is 7.11 Å². The summed E-state index contributed by atoms with van der Waals surface area (Å²) in [5, 5.41) is 11.1. The van der Waals surface area contributed by atoms with E-state index in [1.807, 2.05) is 30.3 Å². The van der Waals surface area contributed by atoms with Gasteiger partial charge in [0.25, 0.3) is 0 Å². The normalized spacial score (nSPS) is 11.7. The Morgan fingerprint density at radius 3 is 2.14 bits per heavy atom. The van der Waals surface area contributed by atoms with Gasteiger partial charge in [-0.1, -0.05) is 101 Å². The van der Waals surface area contributed by atoms with Crippen LogP contribution in [0.2, 0.25) is 0 Å². The van der Waals surface area contributed by atoms with Gasteiger partial charge >= 0.3 is 11.9 Å². The van der Waals surface area contributed by atoms with Gasteiger partial charge in [-0.2, -0.15) is 0 Å². The van der Waals surface area contributed by atoms with E-state index in [0.717, 1.165) is 24.8 Å². The van der Waals surface area contributed by atoms with Gasteiger partial charge in [-0.05, 0) is 36.2 Å². The average molecular weight is 603 g/mol. The largest absolute Gasteiger partial charge is 0.497 e. The molecule has 0 bridgehead atoms. The molecule has 7 nitrogen and oxygen atoms in total. The van der Waals surface area contributed by atoms with Crippen molar-refractivity contribution in [3.05, 3.63) is 89.5 Å². The Morgan fingerprint density at radius 1 is 0.795 bits per heavy atom. The van der Waals surface area contributed by atoms with Crippen molar-refractivity contribution in [1.29, 1.82) is 0 Å². The minimum absolute atomic E-state index is 0.226. The van der Waals surface area contributed by atoms with Gasteiger partial charge in [-0.3, -0.25) is 9.59 Å². The molecule has 3 rings (SSSR count). The van der Waals surface area contributed by atoms with Crippen LogP contribution in [-0.4, -0.2) is 24.2 Å². The second kappa shape index (κ2) is 19.2. The SMILES string of the molecule is CCCCCCCCCCCC(=O)Oc1ccc(C=CC(O)c2ccc(OC)cc2OCc2ccccc2)c(OC(C)=O)c1. The van der Waals surface area contributed by atoms with Gasteiger partial charge in [0.15, 0.2) is 0 Å². The molecule has 0 spiro atoms. The Labute approximate surface area is 261 Å². The first-order valence-electron chi connectivity index (χ1n) is 15.6. The van der Waals surface area contributed by atoms with Crippen molar-refractivity contribution in [2.24, 2.45) is 0 Å². The summed E-state index contributed by atoms with van der Waals surface area (Å²) in [6, 6.07) is 19.8. The number of aliphatic hydroxyl groups is 1. The molecule has 44 heavy (non-hydrogen) atoms. The number of methoxy groups -OCH3 is 1. The van der Waals surface area contributed by atoms with Gasteiger partial charge in [-0.25, -0.2) is 0 Å². The van der Waals surface area contributed by atoms with Crippen LogP contribution >= 0.6 is 0 Å². The fourth-order valence-electron chi connectivity index (χ4n) is 4.77. The van der Waals surface area contributed by atoms with E-state index in [0.29, 0.717) is 41.4 Å². The standard InChI is InChI=1S/C37H46O7/c1-4-5-6-7-8-9-10-11-15-18-37(40)44-32-21-19-30(35(26-32)43-28(2)38)20-24-34(39)33-23-22-31(41-3)25-36(33)42-27-29-16-13-12-14-17-29/h12-14,16-17,19-26,34,39H,4-11,15,18,27H2,1-3H3. The Bertz CT molecular complexity index is 1330. The van der Waals surface area contributed by atoms with Crippen molar-refractivity contribution < 1.29 is 33.6 Å². The summed E-state index contributed by atoms with van der Waals surface area (Å²) in [5.74, 6) is 0.789. The summed E-state index contributed by atoms with van der Waals surface area (Å²) in [6.45, 7) is 3.85. The Balaban J connectivity index is 1.61. The number of rotatable bonds is 19. The van der Waals surface area contributed by atoms with Gasteiger partial charge < -0.3 is 24.1 Å². The lowest BCUT2D eigenvalue weighted by molar-refractivity contribution is -0.134. The molecule has 0 heterocycles.